The molecule has 0 atom stereocenters. The second kappa shape index (κ2) is 5.85. The number of fused-ring (bicyclic) bond motifs is 1. The summed E-state index contributed by atoms with van der Waals surface area (Å²) in [5.41, 5.74) is 2.71. The molecule has 0 radical (unpaired) electrons. The van der Waals surface area contributed by atoms with Gasteiger partial charge in [0.15, 0.2) is 0 Å². The van der Waals surface area contributed by atoms with Crippen molar-refractivity contribution in [3.8, 4) is 5.75 Å². The Morgan fingerprint density at radius 3 is 2.64 bits per heavy atom. The molecule has 1 heterocycles. The van der Waals surface area contributed by atoms with E-state index in [1.807, 2.05) is 49.4 Å². The zero-order chi connectivity index (χ0) is 15.7. The highest BCUT2D eigenvalue weighted by molar-refractivity contribution is 6.31. The summed E-state index contributed by atoms with van der Waals surface area (Å²) in [6.07, 6.45) is 0. The van der Waals surface area contributed by atoms with E-state index in [1.165, 1.54) is 0 Å². The standard InChI is InChI=1S/C18H16ClNO2/c1-12-9-18(21)20(11-13-5-3-4-6-16(13)19)17-8-7-14(22-2)10-15(12)17/h3-10H,11H2,1-2H3. The van der Waals surface area contributed by atoms with Gasteiger partial charge < -0.3 is 9.30 Å². The van der Waals surface area contributed by atoms with Crippen molar-refractivity contribution in [2.75, 3.05) is 7.11 Å². The summed E-state index contributed by atoms with van der Waals surface area (Å²) < 4.78 is 7.02. The van der Waals surface area contributed by atoms with Crippen LogP contribution in [0.3, 0.4) is 0 Å². The molecular weight excluding hydrogens is 298 g/mol. The lowest BCUT2D eigenvalue weighted by Crippen LogP contribution is -2.21. The molecule has 0 amide bonds. The minimum atomic E-state index is -0.0323. The van der Waals surface area contributed by atoms with Gasteiger partial charge >= 0.3 is 0 Å². The van der Waals surface area contributed by atoms with Gasteiger partial charge in [0.1, 0.15) is 5.75 Å². The second-order valence-corrected chi connectivity index (χ2v) is 5.63. The van der Waals surface area contributed by atoms with Crippen LogP contribution in [0.2, 0.25) is 5.02 Å². The minimum Gasteiger partial charge on any atom is -0.497 e. The van der Waals surface area contributed by atoms with Crippen LogP contribution in [0.1, 0.15) is 11.1 Å². The molecule has 0 saturated carbocycles. The molecular formula is C18H16ClNO2. The Morgan fingerprint density at radius 2 is 1.91 bits per heavy atom. The zero-order valence-corrected chi connectivity index (χ0v) is 13.2. The monoisotopic (exact) mass is 313 g/mol. The summed E-state index contributed by atoms with van der Waals surface area (Å²) in [5.74, 6) is 0.776. The zero-order valence-electron chi connectivity index (χ0n) is 12.5. The molecule has 3 rings (SSSR count). The lowest BCUT2D eigenvalue weighted by atomic mass is 10.1. The average Bonchev–Trinajstić information content (AvgIpc) is 2.52. The van der Waals surface area contributed by atoms with Crippen LogP contribution in [0.15, 0.2) is 53.3 Å². The lowest BCUT2D eigenvalue weighted by Gasteiger charge is -2.14. The van der Waals surface area contributed by atoms with Gasteiger partial charge in [-0.1, -0.05) is 29.8 Å². The second-order valence-electron chi connectivity index (χ2n) is 5.23. The van der Waals surface area contributed by atoms with Crippen LogP contribution in [0.4, 0.5) is 0 Å². The number of aryl methyl sites for hydroxylation is 1. The van der Waals surface area contributed by atoms with Gasteiger partial charge in [-0.3, -0.25) is 4.79 Å². The predicted molar refractivity (Wildman–Crippen MR) is 90.1 cm³/mol. The number of methoxy groups -OCH3 is 1. The molecule has 112 valence electrons. The fourth-order valence-electron chi connectivity index (χ4n) is 2.61. The molecule has 2 aromatic carbocycles. The predicted octanol–water partition coefficient (Wildman–Crippen LogP) is 4.02. The number of hydrogen-bond acceptors (Lipinski definition) is 2. The Balaban J connectivity index is 2.21. The molecule has 1 aromatic heterocycles. The average molecular weight is 314 g/mol. The lowest BCUT2D eigenvalue weighted by molar-refractivity contribution is 0.415. The number of pyridine rings is 1. The first-order valence-electron chi connectivity index (χ1n) is 7.02. The van der Waals surface area contributed by atoms with Crippen molar-refractivity contribution in [1.82, 2.24) is 4.57 Å². The van der Waals surface area contributed by atoms with Gasteiger partial charge in [0.2, 0.25) is 0 Å². The van der Waals surface area contributed by atoms with Crippen molar-refractivity contribution in [3.63, 3.8) is 0 Å². The third kappa shape index (κ3) is 2.60. The van der Waals surface area contributed by atoms with Gasteiger partial charge in [0.25, 0.3) is 5.56 Å². The van der Waals surface area contributed by atoms with Gasteiger partial charge in [-0.2, -0.15) is 0 Å². The molecule has 0 saturated heterocycles. The van der Waals surface area contributed by atoms with Crippen molar-refractivity contribution < 1.29 is 4.74 Å². The van der Waals surface area contributed by atoms with Gasteiger partial charge in [-0.15, -0.1) is 0 Å². The summed E-state index contributed by atoms with van der Waals surface area (Å²) in [5, 5.41) is 1.67. The Labute approximate surface area is 133 Å². The first-order chi connectivity index (χ1) is 10.6. The Hall–Kier alpha value is -2.26. The van der Waals surface area contributed by atoms with E-state index in [9.17, 15) is 4.79 Å². The molecule has 3 nitrogen and oxygen atoms in total. The normalized spacial score (nSPS) is 10.9. The van der Waals surface area contributed by atoms with Crippen LogP contribution in [-0.4, -0.2) is 11.7 Å². The topological polar surface area (TPSA) is 31.2 Å². The number of hydrogen-bond donors (Lipinski definition) is 0. The van der Waals surface area contributed by atoms with Crippen LogP contribution in [0.25, 0.3) is 10.9 Å². The first kappa shape index (κ1) is 14.7. The molecule has 3 aromatic rings. The highest BCUT2D eigenvalue weighted by Gasteiger charge is 2.09. The van der Waals surface area contributed by atoms with E-state index in [-0.39, 0.29) is 5.56 Å². The maximum absolute atomic E-state index is 12.4. The fourth-order valence-corrected chi connectivity index (χ4v) is 2.81. The molecule has 0 aliphatic heterocycles. The number of halogens is 1. The van der Waals surface area contributed by atoms with Crippen LogP contribution < -0.4 is 10.3 Å². The number of aromatic nitrogens is 1. The molecule has 0 spiro atoms. The van der Waals surface area contributed by atoms with Crippen molar-refractivity contribution in [2.45, 2.75) is 13.5 Å². The van der Waals surface area contributed by atoms with Crippen LogP contribution >= 0.6 is 11.6 Å². The number of nitrogens with zero attached hydrogens (tertiary/aromatic N) is 1. The molecule has 4 heteroatoms. The molecule has 0 N–H and O–H groups in total. The fraction of sp³-hybridized carbons (Fsp3) is 0.167. The molecule has 0 bridgehead atoms. The summed E-state index contributed by atoms with van der Waals surface area (Å²) in [6.45, 7) is 2.38. The largest absolute Gasteiger partial charge is 0.497 e. The summed E-state index contributed by atoms with van der Waals surface area (Å²) >= 11 is 6.22. The van der Waals surface area contributed by atoms with Crippen molar-refractivity contribution in [1.29, 1.82) is 0 Å². The van der Waals surface area contributed by atoms with E-state index in [2.05, 4.69) is 0 Å². The van der Waals surface area contributed by atoms with E-state index >= 15 is 0 Å². The van der Waals surface area contributed by atoms with E-state index in [4.69, 9.17) is 16.3 Å². The smallest absolute Gasteiger partial charge is 0.251 e. The van der Waals surface area contributed by atoms with E-state index in [0.29, 0.717) is 11.6 Å². The molecule has 0 aliphatic carbocycles. The molecule has 0 aliphatic rings. The third-order valence-electron chi connectivity index (χ3n) is 3.81. The Kier molecular flexibility index (Phi) is 3.90. The summed E-state index contributed by atoms with van der Waals surface area (Å²) in [6, 6.07) is 15.0. The molecule has 0 unspecified atom stereocenters. The maximum atomic E-state index is 12.4. The molecule has 0 fully saturated rings. The van der Waals surface area contributed by atoms with Crippen LogP contribution in [0, 0.1) is 6.92 Å². The van der Waals surface area contributed by atoms with Crippen LogP contribution in [-0.2, 0) is 6.54 Å². The Morgan fingerprint density at radius 1 is 1.14 bits per heavy atom. The van der Waals surface area contributed by atoms with E-state index in [0.717, 1.165) is 27.8 Å². The SMILES string of the molecule is COc1ccc2c(c1)c(C)cc(=O)n2Cc1ccccc1Cl. The van der Waals surface area contributed by atoms with Crippen molar-refractivity contribution in [2.24, 2.45) is 0 Å². The van der Waals surface area contributed by atoms with E-state index in [1.54, 1.807) is 17.7 Å². The first-order valence-corrected chi connectivity index (χ1v) is 7.39. The number of rotatable bonds is 3. The van der Waals surface area contributed by atoms with Gasteiger partial charge in [-0.05, 0) is 42.3 Å². The highest BCUT2D eigenvalue weighted by Crippen LogP contribution is 2.24. The highest BCUT2D eigenvalue weighted by atomic mass is 35.5. The minimum absolute atomic E-state index is 0.0323. The molecule has 22 heavy (non-hydrogen) atoms. The van der Waals surface area contributed by atoms with Gasteiger partial charge in [0, 0.05) is 16.5 Å². The van der Waals surface area contributed by atoms with Crippen LogP contribution in [0.5, 0.6) is 5.75 Å². The van der Waals surface area contributed by atoms with Gasteiger partial charge in [-0.25, -0.2) is 0 Å². The van der Waals surface area contributed by atoms with Crippen molar-refractivity contribution in [3.05, 3.63) is 75.0 Å². The van der Waals surface area contributed by atoms with Gasteiger partial charge in [0.05, 0.1) is 19.2 Å². The third-order valence-corrected chi connectivity index (χ3v) is 4.18. The maximum Gasteiger partial charge on any atom is 0.251 e. The quantitative estimate of drug-likeness (QED) is 0.731. The number of ether oxygens (including phenoxy) is 1. The number of benzene rings is 2. The summed E-state index contributed by atoms with van der Waals surface area (Å²) in [4.78, 5) is 12.4. The summed E-state index contributed by atoms with van der Waals surface area (Å²) in [7, 11) is 1.64. The van der Waals surface area contributed by atoms with E-state index < -0.39 is 0 Å². The van der Waals surface area contributed by atoms with Crippen molar-refractivity contribution >= 4 is 22.5 Å². The Bertz CT molecular complexity index is 899.